The first-order valence-electron chi connectivity index (χ1n) is 4.98. The Bertz CT molecular complexity index is 202. The lowest BCUT2D eigenvalue weighted by Crippen LogP contribution is -2.13. The maximum atomic E-state index is 10.6. The fourth-order valence-corrected chi connectivity index (χ4v) is 2.85. The molecular formula is C10H18O3S. The van der Waals surface area contributed by atoms with E-state index in [2.05, 4.69) is 0 Å². The van der Waals surface area contributed by atoms with Crippen molar-refractivity contribution >= 4 is 17.7 Å². The average molecular weight is 218 g/mol. The highest BCUT2D eigenvalue weighted by Gasteiger charge is 2.43. The number of hydrogen-bond acceptors (Lipinski definition) is 3. The molecule has 1 aliphatic carbocycles. The smallest absolute Gasteiger partial charge is 0.303 e. The lowest BCUT2D eigenvalue weighted by molar-refractivity contribution is -0.138. The number of carboxylic acids is 1. The van der Waals surface area contributed by atoms with Crippen LogP contribution in [0, 0.1) is 11.3 Å². The highest BCUT2D eigenvalue weighted by molar-refractivity contribution is 7.99. The molecule has 0 radical (unpaired) electrons. The predicted molar refractivity (Wildman–Crippen MR) is 57.5 cm³/mol. The van der Waals surface area contributed by atoms with Gasteiger partial charge in [0.1, 0.15) is 0 Å². The van der Waals surface area contributed by atoms with Crippen LogP contribution in [0.5, 0.6) is 0 Å². The lowest BCUT2D eigenvalue weighted by atomic mass is 10.1. The molecule has 1 atom stereocenters. The largest absolute Gasteiger partial charge is 0.481 e. The van der Waals surface area contributed by atoms with E-state index in [0.717, 1.165) is 24.3 Å². The second-order valence-electron chi connectivity index (χ2n) is 4.37. The van der Waals surface area contributed by atoms with Gasteiger partial charge in [0.05, 0.1) is 6.42 Å². The third-order valence-electron chi connectivity index (χ3n) is 2.61. The third-order valence-corrected chi connectivity index (χ3v) is 4.23. The van der Waals surface area contributed by atoms with E-state index in [9.17, 15) is 4.79 Å². The first kappa shape index (κ1) is 11.9. The van der Waals surface area contributed by atoms with Crippen molar-refractivity contribution in [3.05, 3.63) is 0 Å². The van der Waals surface area contributed by atoms with E-state index in [1.165, 1.54) is 0 Å². The molecule has 0 aromatic heterocycles. The molecule has 3 nitrogen and oxygen atoms in total. The quantitative estimate of drug-likeness (QED) is 0.681. The summed E-state index contributed by atoms with van der Waals surface area (Å²) < 4.78 is 0. The summed E-state index contributed by atoms with van der Waals surface area (Å²) in [5.74, 6) is 1.50. The zero-order chi connectivity index (χ0) is 10.6. The van der Waals surface area contributed by atoms with Crippen LogP contribution in [-0.2, 0) is 4.79 Å². The number of thioether (sulfide) groups is 1. The summed E-state index contributed by atoms with van der Waals surface area (Å²) in [4.78, 5) is 10.6. The molecule has 1 unspecified atom stereocenters. The lowest BCUT2D eigenvalue weighted by Gasteiger charge is -2.13. The van der Waals surface area contributed by atoms with Crippen molar-refractivity contribution in [3.8, 4) is 0 Å². The van der Waals surface area contributed by atoms with Gasteiger partial charge in [0.15, 0.2) is 0 Å². The van der Waals surface area contributed by atoms with Gasteiger partial charge in [0.25, 0.3) is 0 Å². The third kappa shape index (κ3) is 3.88. The van der Waals surface area contributed by atoms with Crippen molar-refractivity contribution in [1.29, 1.82) is 0 Å². The van der Waals surface area contributed by atoms with Gasteiger partial charge in [-0.1, -0.05) is 6.92 Å². The van der Waals surface area contributed by atoms with Gasteiger partial charge in [-0.15, -0.1) is 0 Å². The Hall–Kier alpha value is -0.220. The van der Waals surface area contributed by atoms with Crippen molar-refractivity contribution in [2.24, 2.45) is 11.3 Å². The minimum atomic E-state index is -0.682. The molecule has 0 amide bonds. The van der Waals surface area contributed by atoms with Gasteiger partial charge in [0.2, 0.25) is 0 Å². The predicted octanol–water partition coefficient (Wildman–Crippen LogP) is 1.60. The van der Waals surface area contributed by atoms with Gasteiger partial charge in [-0.05, 0) is 35.7 Å². The molecule has 0 aliphatic heterocycles. The van der Waals surface area contributed by atoms with Crippen LogP contribution in [0.25, 0.3) is 0 Å². The molecule has 0 heterocycles. The Morgan fingerprint density at radius 1 is 1.57 bits per heavy atom. The summed E-state index contributed by atoms with van der Waals surface area (Å²) in [5, 5.41) is 17.5. The number of aliphatic hydroxyl groups excluding tert-OH is 1. The maximum Gasteiger partial charge on any atom is 0.303 e. The molecule has 1 fully saturated rings. The Balaban J connectivity index is 2.14. The number of rotatable bonds is 7. The molecule has 0 aromatic carbocycles. The second-order valence-corrected chi connectivity index (χ2v) is 5.40. The van der Waals surface area contributed by atoms with Crippen LogP contribution in [0.2, 0.25) is 0 Å². The Morgan fingerprint density at radius 2 is 2.21 bits per heavy atom. The number of hydrogen-bond donors (Lipinski definition) is 2. The van der Waals surface area contributed by atoms with Crippen LogP contribution in [0.15, 0.2) is 0 Å². The molecule has 0 aromatic rings. The fourth-order valence-electron chi connectivity index (χ4n) is 1.40. The average Bonchev–Trinajstić information content (AvgIpc) is 2.83. The van der Waals surface area contributed by atoms with Crippen molar-refractivity contribution in [2.75, 3.05) is 18.1 Å². The molecule has 0 bridgehead atoms. The van der Waals surface area contributed by atoms with Crippen molar-refractivity contribution in [2.45, 2.75) is 26.2 Å². The van der Waals surface area contributed by atoms with E-state index in [-0.39, 0.29) is 12.0 Å². The van der Waals surface area contributed by atoms with Crippen LogP contribution >= 0.6 is 11.8 Å². The fraction of sp³-hybridized carbons (Fsp3) is 0.900. The number of carbonyl (C=O) groups is 1. The number of carboxylic acid groups (broad SMARTS) is 1. The molecule has 4 heteroatoms. The highest BCUT2D eigenvalue weighted by Crippen LogP contribution is 2.51. The van der Waals surface area contributed by atoms with E-state index >= 15 is 0 Å². The van der Waals surface area contributed by atoms with Gasteiger partial charge in [-0.2, -0.15) is 11.8 Å². The monoisotopic (exact) mass is 218 g/mol. The normalized spacial score (nSPS) is 20.4. The molecular weight excluding hydrogens is 200 g/mol. The van der Waals surface area contributed by atoms with Gasteiger partial charge >= 0.3 is 5.97 Å². The first-order chi connectivity index (χ1) is 6.58. The number of aliphatic hydroxyl groups is 1. The minimum absolute atomic E-state index is 0.0890. The Labute approximate surface area is 88.9 Å². The molecule has 82 valence electrons. The Kier molecular flexibility index (Phi) is 4.26. The minimum Gasteiger partial charge on any atom is -0.481 e. The van der Waals surface area contributed by atoms with Crippen LogP contribution in [-0.4, -0.2) is 34.3 Å². The summed E-state index contributed by atoms with van der Waals surface area (Å²) in [6.45, 7) is 2.22. The molecule has 0 saturated heterocycles. The highest BCUT2D eigenvalue weighted by atomic mass is 32.2. The summed E-state index contributed by atoms with van der Waals surface area (Å²) in [6.07, 6.45) is 2.42. The summed E-state index contributed by atoms with van der Waals surface area (Å²) in [7, 11) is 0. The zero-order valence-corrected chi connectivity index (χ0v) is 9.35. The van der Waals surface area contributed by atoms with Crippen LogP contribution < -0.4 is 0 Å². The SMILES string of the molecule is CC(CO)CSCC1(CC(=O)O)CC1. The van der Waals surface area contributed by atoms with E-state index < -0.39 is 5.97 Å². The summed E-state index contributed by atoms with van der Waals surface area (Å²) in [5.41, 5.74) is 0.0890. The zero-order valence-electron chi connectivity index (χ0n) is 8.53. The van der Waals surface area contributed by atoms with E-state index in [1.54, 1.807) is 11.8 Å². The molecule has 1 saturated carbocycles. The van der Waals surface area contributed by atoms with Crippen molar-refractivity contribution < 1.29 is 15.0 Å². The van der Waals surface area contributed by atoms with Crippen LogP contribution in [0.1, 0.15) is 26.2 Å². The Morgan fingerprint density at radius 3 is 2.64 bits per heavy atom. The molecule has 0 spiro atoms. The molecule has 1 aliphatic rings. The van der Waals surface area contributed by atoms with Crippen molar-refractivity contribution in [3.63, 3.8) is 0 Å². The van der Waals surface area contributed by atoms with Crippen LogP contribution in [0.4, 0.5) is 0 Å². The maximum absolute atomic E-state index is 10.6. The second kappa shape index (κ2) is 5.03. The van der Waals surface area contributed by atoms with E-state index in [4.69, 9.17) is 10.2 Å². The topological polar surface area (TPSA) is 57.5 Å². The van der Waals surface area contributed by atoms with E-state index in [0.29, 0.717) is 12.3 Å². The van der Waals surface area contributed by atoms with Gasteiger partial charge < -0.3 is 10.2 Å². The van der Waals surface area contributed by atoms with Gasteiger partial charge in [0, 0.05) is 6.61 Å². The number of aliphatic carboxylic acids is 1. The summed E-state index contributed by atoms with van der Waals surface area (Å²) >= 11 is 1.77. The molecule has 1 rings (SSSR count). The van der Waals surface area contributed by atoms with Gasteiger partial charge in [-0.25, -0.2) is 0 Å². The molecule has 2 N–H and O–H groups in total. The van der Waals surface area contributed by atoms with Crippen LogP contribution in [0.3, 0.4) is 0 Å². The van der Waals surface area contributed by atoms with Gasteiger partial charge in [-0.3, -0.25) is 4.79 Å². The van der Waals surface area contributed by atoms with Crippen molar-refractivity contribution in [1.82, 2.24) is 0 Å². The van der Waals surface area contributed by atoms with E-state index in [1.807, 2.05) is 6.92 Å². The standard InChI is InChI=1S/C10H18O3S/c1-8(5-11)6-14-7-10(2-3-10)4-9(12)13/h8,11H,2-7H2,1H3,(H,12,13). The molecule has 14 heavy (non-hydrogen) atoms. The summed E-state index contributed by atoms with van der Waals surface area (Å²) in [6, 6.07) is 0. The first-order valence-corrected chi connectivity index (χ1v) is 6.14.